The van der Waals surface area contributed by atoms with E-state index in [-0.39, 0.29) is 22.3 Å². The van der Waals surface area contributed by atoms with Gasteiger partial charge in [0, 0.05) is 28.9 Å². The Bertz CT molecular complexity index is 1480. The molecule has 0 saturated heterocycles. The molecule has 4 rings (SSSR count). The van der Waals surface area contributed by atoms with Crippen LogP contribution in [-0.2, 0) is 12.8 Å². The summed E-state index contributed by atoms with van der Waals surface area (Å²) in [5, 5.41) is 23.5. The first-order chi connectivity index (χ1) is 18.7. The van der Waals surface area contributed by atoms with E-state index in [0.29, 0.717) is 11.1 Å². The maximum Gasteiger partial charge on any atom is 0.127 e. The van der Waals surface area contributed by atoms with E-state index in [2.05, 4.69) is 53.7 Å². The zero-order chi connectivity index (χ0) is 29.2. The van der Waals surface area contributed by atoms with Gasteiger partial charge in [-0.1, -0.05) is 77.9 Å². The lowest BCUT2D eigenvalue weighted by molar-refractivity contribution is 0.410. The maximum atomic E-state index is 10.8. The van der Waals surface area contributed by atoms with Crippen molar-refractivity contribution in [3.05, 3.63) is 94.0 Å². The van der Waals surface area contributed by atoms with E-state index in [9.17, 15) is 10.2 Å². The summed E-state index contributed by atoms with van der Waals surface area (Å²) in [7, 11) is 0. The van der Waals surface area contributed by atoms with E-state index in [4.69, 9.17) is 9.98 Å². The SMILES string of the molecule is Cc1cc(CC(C)(C)C)cc(C=Nc2cccc3cccc(N=Cc4cc(CC(C)(C)C)cc(C)c4O)c23)c1O. The molecule has 0 bridgehead atoms. The predicted molar refractivity (Wildman–Crippen MR) is 170 cm³/mol. The second kappa shape index (κ2) is 11.3. The molecule has 40 heavy (non-hydrogen) atoms. The summed E-state index contributed by atoms with van der Waals surface area (Å²) in [4.78, 5) is 9.68. The Morgan fingerprint density at radius 1 is 0.625 bits per heavy atom. The van der Waals surface area contributed by atoms with Gasteiger partial charge in [-0.3, -0.25) is 9.98 Å². The highest BCUT2D eigenvalue weighted by molar-refractivity contribution is 6.04. The molecule has 0 heterocycles. The third-order valence-electron chi connectivity index (χ3n) is 6.79. The van der Waals surface area contributed by atoms with Gasteiger partial charge in [0.25, 0.3) is 0 Å². The molecule has 4 nitrogen and oxygen atoms in total. The second-order valence-electron chi connectivity index (χ2n) is 13.3. The van der Waals surface area contributed by atoms with Gasteiger partial charge in [-0.2, -0.15) is 0 Å². The van der Waals surface area contributed by atoms with Gasteiger partial charge in [0.15, 0.2) is 0 Å². The summed E-state index contributed by atoms with van der Waals surface area (Å²) < 4.78 is 0. The van der Waals surface area contributed by atoms with Gasteiger partial charge >= 0.3 is 0 Å². The van der Waals surface area contributed by atoms with Crippen molar-refractivity contribution in [2.45, 2.75) is 68.2 Å². The van der Waals surface area contributed by atoms with E-state index in [1.54, 1.807) is 12.4 Å². The van der Waals surface area contributed by atoms with E-state index in [1.807, 2.05) is 62.4 Å². The van der Waals surface area contributed by atoms with Crippen molar-refractivity contribution < 1.29 is 10.2 Å². The van der Waals surface area contributed by atoms with E-state index in [0.717, 1.165) is 46.1 Å². The van der Waals surface area contributed by atoms with Crippen LogP contribution >= 0.6 is 0 Å². The topological polar surface area (TPSA) is 65.2 Å². The van der Waals surface area contributed by atoms with E-state index in [1.165, 1.54) is 11.1 Å². The van der Waals surface area contributed by atoms with Crippen molar-refractivity contribution in [3.8, 4) is 11.5 Å². The number of hydrogen-bond donors (Lipinski definition) is 2. The Hall–Kier alpha value is -3.92. The van der Waals surface area contributed by atoms with Gasteiger partial charge in [0.1, 0.15) is 11.5 Å². The Kier molecular flexibility index (Phi) is 8.20. The predicted octanol–water partition coefficient (Wildman–Crippen LogP) is 9.55. The van der Waals surface area contributed by atoms with Crippen molar-refractivity contribution in [1.29, 1.82) is 0 Å². The minimum atomic E-state index is 0.138. The summed E-state index contributed by atoms with van der Waals surface area (Å²) in [5.74, 6) is 0.502. The number of fused-ring (bicyclic) bond motifs is 1. The highest BCUT2D eigenvalue weighted by Gasteiger charge is 2.15. The molecule has 4 heteroatoms. The van der Waals surface area contributed by atoms with Crippen molar-refractivity contribution in [3.63, 3.8) is 0 Å². The number of phenolic OH excluding ortho intramolecular Hbond substituents is 2. The van der Waals surface area contributed by atoms with Crippen LogP contribution < -0.4 is 0 Å². The van der Waals surface area contributed by atoms with Crippen LogP contribution in [-0.4, -0.2) is 22.6 Å². The van der Waals surface area contributed by atoms with Gasteiger partial charge in [0.2, 0.25) is 0 Å². The van der Waals surface area contributed by atoms with Gasteiger partial charge in [0.05, 0.1) is 11.4 Å². The molecule has 0 aromatic heterocycles. The van der Waals surface area contributed by atoms with E-state index < -0.39 is 0 Å². The Labute approximate surface area is 239 Å². The van der Waals surface area contributed by atoms with E-state index >= 15 is 0 Å². The summed E-state index contributed by atoms with van der Waals surface area (Å²) >= 11 is 0. The molecule has 0 aliphatic rings. The summed E-state index contributed by atoms with van der Waals surface area (Å²) in [6, 6.07) is 20.1. The average molecular weight is 535 g/mol. The van der Waals surface area contributed by atoms with Crippen LogP contribution in [0.5, 0.6) is 11.5 Å². The van der Waals surface area contributed by atoms with Crippen LogP contribution in [0.15, 0.2) is 70.6 Å². The zero-order valence-corrected chi connectivity index (χ0v) is 25.1. The minimum Gasteiger partial charge on any atom is -0.507 e. The molecule has 208 valence electrons. The Morgan fingerprint density at radius 3 is 1.40 bits per heavy atom. The highest BCUT2D eigenvalue weighted by Crippen LogP contribution is 2.36. The molecule has 0 aliphatic heterocycles. The fraction of sp³-hybridized carbons (Fsp3) is 0.333. The maximum absolute atomic E-state index is 10.8. The first kappa shape index (κ1) is 29.1. The van der Waals surface area contributed by atoms with Crippen molar-refractivity contribution in [2.75, 3.05) is 0 Å². The standard InChI is InChI=1S/C36H42N2O2/c1-23-15-25(19-35(3,4)5)17-28(33(23)39)21-37-30-13-9-11-27-12-10-14-31(32(27)30)38-22-29-18-26(20-36(6,7)8)16-24(2)34(29)40/h9-18,21-22,39-40H,19-20H2,1-8H3. The van der Waals surface area contributed by atoms with Crippen molar-refractivity contribution in [1.82, 2.24) is 0 Å². The van der Waals surface area contributed by atoms with Crippen LogP contribution in [0.4, 0.5) is 11.4 Å². The number of phenols is 2. The highest BCUT2D eigenvalue weighted by atomic mass is 16.3. The van der Waals surface area contributed by atoms with Gasteiger partial charge in [-0.05, 0) is 89.4 Å². The molecule has 0 radical (unpaired) electrons. The quantitative estimate of drug-likeness (QED) is 0.242. The molecule has 0 aliphatic carbocycles. The number of aryl methyl sites for hydroxylation is 2. The third-order valence-corrected chi connectivity index (χ3v) is 6.79. The van der Waals surface area contributed by atoms with Crippen LogP contribution in [0.2, 0.25) is 0 Å². The smallest absolute Gasteiger partial charge is 0.127 e. The molecule has 4 aromatic carbocycles. The minimum absolute atomic E-state index is 0.138. The van der Waals surface area contributed by atoms with Gasteiger partial charge in [-0.15, -0.1) is 0 Å². The molecule has 0 saturated carbocycles. The van der Waals surface area contributed by atoms with Crippen LogP contribution in [0.3, 0.4) is 0 Å². The summed E-state index contributed by atoms with van der Waals surface area (Å²) in [5.41, 5.74) is 7.26. The van der Waals surface area contributed by atoms with Gasteiger partial charge in [-0.25, -0.2) is 0 Å². The summed E-state index contributed by atoms with van der Waals surface area (Å²) in [6.45, 7) is 17.1. The molecule has 2 N–H and O–H groups in total. The largest absolute Gasteiger partial charge is 0.507 e. The van der Waals surface area contributed by atoms with Crippen molar-refractivity contribution in [2.24, 2.45) is 20.8 Å². The molecule has 0 atom stereocenters. The lowest BCUT2D eigenvalue weighted by Gasteiger charge is -2.19. The number of aliphatic imine (C=N–C) groups is 2. The Balaban J connectivity index is 1.75. The first-order valence-electron chi connectivity index (χ1n) is 13.9. The first-order valence-corrected chi connectivity index (χ1v) is 13.9. The van der Waals surface area contributed by atoms with Crippen LogP contribution in [0.25, 0.3) is 10.8 Å². The summed E-state index contributed by atoms with van der Waals surface area (Å²) in [6.07, 6.45) is 5.31. The molecule has 0 spiro atoms. The second-order valence-corrected chi connectivity index (χ2v) is 13.3. The molecule has 0 amide bonds. The molecule has 0 unspecified atom stereocenters. The third kappa shape index (κ3) is 7.18. The number of aromatic hydroxyl groups is 2. The number of rotatable bonds is 6. The lowest BCUT2D eigenvalue weighted by atomic mass is 9.87. The number of benzene rings is 4. The molecular formula is C36H42N2O2. The van der Waals surface area contributed by atoms with Crippen LogP contribution in [0.1, 0.15) is 74.9 Å². The molecule has 0 fully saturated rings. The molecule has 4 aromatic rings. The Morgan fingerprint density at radius 2 is 1.02 bits per heavy atom. The number of hydrogen-bond acceptors (Lipinski definition) is 4. The lowest BCUT2D eigenvalue weighted by Crippen LogP contribution is -2.09. The van der Waals surface area contributed by atoms with Gasteiger partial charge < -0.3 is 10.2 Å². The molecular weight excluding hydrogens is 492 g/mol. The normalized spacial score (nSPS) is 12.7. The number of nitrogens with zero attached hydrogens (tertiary/aromatic N) is 2. The van der Waals surface area contributed by atoms with Crippen molar-refractivity contribution >= 4 is 34.6 Å². The monoisotopic (exact) mass is 534 g/mol. The average Bonchev–Trinajstić information content (AvgIpc) is 2.84. The zero-order valence-electron chi connectivity index (χ0n) is 25.1. The fourth-order valence-corrected chi connectivity index (χ4v) is 5.19. The van der Waals surface area contributed by atoms with Crippen LogP contribution in [0, 0.1) is 24.7 Å². The fourth-order valence-electron chi connectivity index (χ4n) is 5.19.